The van der Waals surface area contributed by atoms with Crippen LogP contribution in [0.15, 0.2) is 54.6 Å². The third-order valence-corrected chi connectivity index (χ3v) is 4.94. The van der Waals surface area contributed by atoms with Gasteiger partial charge in [-0.05, 0) is 54.7 Å². The van der Waals surface area contributed by atoms with Gasteiger partial charge in [0.15, 0.2) is 0 Å². The summed E-state index contributed by atoms with van der Waals surface area (Å²) in [6.07, 6.45) is 3.22. The van der Waals surface area contributed by atoms with Gasteiger partial charge in [0.05, 0.1) is 0 Å². The number of H-pyrrole nitrogens is 1. The number of hydrogen-bond donors (Lipinski definition) is 2. The van der Waals surface area contributed by atoms with Gasteiger partial charge in [0, 0.05) is 29.4 Å². The lowest BCUT2D eigenvalue weighted by atomic mass is 9.83. The number of carbonyl (C=O) groups is 2. The quantitative estimate of drug-likeness (QED) is 0.733. The molecule has 0 bridgehead atoms. The summed E-state index contributed by atoms with van der Waals surface area (Å²) in [5.74, 6) is 0.671. The van der Waals surface area contributed by atoms with E-state index in [1.807, 2.05) is 42.5 Å². The van der Waals surface area contributed by atoms with Crippen molar-refractivity contribution in [2.45, 2.75) is 31.6 Å². The third kappa shape index (κ3) is 3.33. The Labute approximate surface area is 146 Å². The summed E-state index contributed by atoms with van der Waals surface area (Å²) in [6, 6.07) is 17.6. The van der Waals surface area contributed by atoms with Gasteiger partial charge in [-0.1, -0.05) is 24.3 Å². The maximum Gasteiger partial charge on any atom is 0.272 e. The number of carbonyl (C=O) groups excluding carboxylic acids is 2. The van der Waals surface area contributed by atoms with Gasteiger partial charge in [0.1, 0.15) is 11.5 Å². The molecule has 0 aliphatic heterocycles. The number of ketones is 1. The topological polar surface area (TPSA) is 62.0 Å². The predicted octanol–water partition coefficient (Wildman–Crippen LogP) is 4.65. The largest absolute Gasteiger partial charge is 0.351 e. The second-order valence-electron chi connectivity index (χ2n) is 6.66. The zero-order chi connectivity index (χ0) is 17.2. The van der Waals surface area contributed by atoms with Crippen LogP contribution in [-0.2, 0) is 4.79 Å². The van der Waals surface area contributed by atoms with Crippen molar-refractivity contribution in [2.75, 3.05) is 5.32 Å². The maximum atomic E-state index is 12.4. The first-order valence-electron chi connectivity index (χ1n) is 8.70. The standard InChI is InChI=1S/C21H20N2O2/c24-18-9-6-14(7-10-18)15-8-11-19-16(12-15)13-20(23-19)21(25)22-17-4-2-1-3-5-17/h1-5,8,11-14,23H,6-7,9-10H2,(H,22,25). The Morgan fingerprint density at radius 1 is 1.00 bits per heavy atom. The molecule has 1 aliphatic rings. The van der Waals surface area contributed by atoms with Crippen LogP contribution in [0.5, 0.6) is 0 Å². The molecule has 4 nitrogen and oxygen atoms in total. The molecular weight excluding hydrogens is 312 g/mol. The minimum atomic E-state index is -0.146. The molecule has 1 fully saturated rings. The van der Waals surface area contributed by atoms with Gasteiger partial charge in [-0.25, -0.2) is 0 Å². The second-order valence-corrected chi connectivity index (χ2v) is 6.66. The van der Waals surface area contributed by atoms with Crippen molar-refractivity contribution in [1.82, 2.24) is 4.98 Å². The van der Waals surface area contributed by atoms with Crippen molar-refractivity contribution in [3.8, 4) is 0 Å². The van der Waals surface area contributed by atoms with Gasteiger partial charge in [-0.15, -0.1) is 0 Å². The number of fused-ring (bicyclic) bond motifs is 1. The van der Waals surface area contributed by atoms with Crippen molar-refractivity contribution in [1.29, 1.82) is 0 Å². The van der Waals surface area contributed by atoms with E-state index in [1.165, 1.54) is 5.56 Å². The zero-order valence-corrected chi connectivity index (χ0v) is 13.9. The van der Waals surface area contributed by atoms with Gasteiger partial charge >= 0.3 is 0 Å². The molecule has 1 saturated carbocycles. The highest BCUT2D eigenvalue weighted by atomic mass is 16.2. The highest BCUT2D eigenvalue weighted by Gasteiger charge is 2.20. The summed E-state index contributed by atoms with van der Waals surface area (Å²) in [7, 11) is 0. The predicted molar refractivity (Wildman–Crippen MR) is 98.9 cm³/mol. The SMILES string of the molecule is O=C1CCC(c2ccc3[nH]c(C(=O)Nc4ccccc4)cc3c2)CC1. The summed E-state index contributed by atoms with van der Waals surface area (Å²) in [5.41, 5.74) is 3.54. The van der Waals surface area contributed by atoms with Crippen molar-refractivity contribution < 1.29 is 9.59 Å². The molecule has 126 valence electrons. The molecule has 4 rings (SSSR count). The highest BCUT2D eigenvalue weighted by molar-refractivity contribution is 6.06. The van der Waals surface area contributed by atoms with E-state index in [4.69, 9.17) is 0 Å². The lowest BCUT2D eigenvalue weighted by Gasteiger charge is -2.21. The fourth-order valence-corrected chi connectivity index (χ4v) is 3.52. The summed E-state index contributed by atoms with van der Waals surface area (Å²) < 4.78 is 0. The van der Waals surface area contributed by atoms with E-state index in [2.05, 4.69) is 22.4 Å². The number of para-hydroxylation sites is 1. The molecule has 1 amide bonds. The molecule has 2 N–H and O–H groups in total. The van der Waals surface area contributed by atoms with Gasteiger partial charge in [0.25, 0.3) is 5.91 Å². The molecular formula is C21H20N2O2. The lowest BCUT2D eigenvalue weighted by Crippen LogP contribution is -2.12. The van der Waals surface area contributed by atoms with Crippen LogP contribution >= 0.6 is 0 Å². The van der Waals surface area contributed by atoms with E-state index in [1.54, 1.807) is 0 Å². The van der Waals surface area contributed by atoms with Crippen LogP contribution in [0.4, 0.5) is 5.69 Å². The van der Waals surface area contributed by atoms with Crippen LogP contribution < -0.4 is 5.32 Å². The van der Waals surface area contributed by atoms with Crippen LogP contribution in [0, 0.1) is 0 Å². The van der Waals surface area contributed by atoms with Gasteiger partial charge in [-0.2, -0.15) is 0 Å². The van der Waals surface area contributed by atoms with Crippen LogP contribution in [0.3, 0.4) is 0 Å². The summed E-state index contributed by atoms with van der Waals surface area (Å²) in [4.78, 5) is 27.0. The first-order valence-corrected chi connectivity index (χ1v) is 8.70. The molecule has 0 atom stereocenters. The minimum Gasteiger partial charge on any atom is -0.351 e. The third-order valence-electron chi connectivity index (χ3n) is 4.94. The number of rotatable bonds is 3. The van der Waals surface area contributed by atoms with Crippen LogP contribution in [-0.4, -0.2) is 16.7 Å². The Balaban J connectivity index is 1.56. The van der Waals surface area contributed by atoms with Gasteiger partial charge in [-0.3, -0.25) is 9.59 Å². The van der Waals surface area contributed by atoms with E-state index in [9.17, 15) is 9.59 Å². The van der Waals surface area contributed by atoms with Gasteiger partial charge < -0.3 is 10.3 Å². The maximum absolute atomic E-state index is 12.4. The monoisotopic (exact) mass is 332 g/mol. The van der Waals surface area contributed by atoms with E-state index in [0.29, 0.717) is 30.2 Å². The van der Waals surface area contributed by atoms with Crippen molar-refractivity contribution in [2.24, 2.45) is 0 Å². The normalized spacial score (nSPS) is 15.4. The second kappa shape index (κ2) is 6.55. The van der Waals surface area contributed by atoms with Gasteiger partial charge in [0.2, 0.25) is 0 Å². The number of hydrogen-bond acceptors (Lipinski definition) is 2. The smallest absolute Gasteiger partial charge is 0.272 e. The fraction of sp³-hybridized carbons (Fsp3) is 0.238. The molecule has 1 aliphatic carbocycles. The van der Waals surface area contributed by atoms with Crippen LogP contribution in [0.25, 0.3) is 10.9 Å². The lowest BCUT2D eigenvalue weighted by molar-refractivity contribution is -0.120. The molecule has 0 spiro atoms. The van der Waals surface area contributed by atoms with Crippen molar-refractivity contribution >= 4 is 28.3 Å². The number of anilines is 1. The molecule has 2 aromatic carbocycles. The number of aromatic amines is 1. The molecule has 0 radical (unpaired) electrons. The highest BCUT2D eigenvalue weighted by Crippen LogP contribution is 2.33. The Morgan fingerprint density at radius 2 is 1.76 bits per heavy atom. The van der Waals surface area contributed by atoms with E-state index < -0.39 is 0 Å². The number of Topliss-reactive ketones (excluding diaryl/α,β-unsaturated/α-hetero) is 1. The molecule has 3 aromatic rings. The van der Waals surface area contributed by atoms with E-state index >= 15 is 0 Å². The molecule has 1 aromatic heterocycles. The molecule has 4 heteroatoms. The average molecular weight is 332 g/mol. The van der Waals surface area contributed by atoms with E-state index in [0.717, 1.165) is 29.4 Å². The first kappa shape index (κ1) is 15.6. The zero-order valence-electron chi connectivity index (χ0n) is 13.9. The Hall–Kier alpha value is -2.88. The van der Waals surface area contributed by atoms with Crippen molar-refractivity contribution in [3.63, 3.8) is 0 Å². The van der Waals surface area contributed by atoms with Crippen molar-refractivity contribution in [3.05, 3.63) is 65.9 Å². The number of nitrogens with one attached hydrogen (secondary N) is 2. The Bertz CT molecular complexity index is 917. The Kier molecular flexibility index (Phi) is 4.10. The van der Waals surface area contributed by atoms with Crippen LogP contribution in [0.1, 0.15) is 47.7 Å². The number of aromatic nitrogens is 1. The summed E-state index contributed by atoms with van der Waals surface area (Å²) in [5, 5.41) is 3.93. The fourth-order valence-electron chi connectivity index (χ4n) is 3.52. The summed E-state index contributed by atoms with van der Waals surface area (Å²) in [6.45, 7) is 0. The number of amides is 1. The summed E-state index contributed by atoms with van der Waals surface area (Å²) >= 11 is 0. The Morgan fingerprint density at radius 3 is 2.52 bits per heavy atom. The molecule has 0 saturated heterocycles. The molecule has 25 heavy (non-hydrogen) atoms. The van der Waals surface area contributed by atoms with E-state index in [-0.39, 0.29) is 5.91 Å². The number of benzene rings is 2. The minimum absolute atomic E-state index is 0.146. The average Bonchev–Trinajstić information content (AvgIpc) is 3.06. The molecule has 1 heterocycles. The molecule has 0 unspecified atom stereocenters. The van der Waals surface area contributed by atoms with Crippen LogP contribution in [0.2, 0.25) is 0 Å². The first-order chi connectivity index (χ1) is 12.2.